The number of ether oxygens (including phenoxy) is 1. The van der Waals surface area contributed by atoms with E-state index >= 15 is 0 Å². The Morgan fingerprint density at radius 2 is 2.08 bits per heavy atom. The topological polar surface area (TPSA) is 52.1 Å². The first-order chi connectivity index (χ1) is 12.0. The molecule has 1 fully saturated rings. The molecule has 134 valence electrons. The summed E-state index contributed by atoms with van der Waals surface area (Å²) in [6, 6.07) is 7.86. The van der Waals surface area contributed by atoms with Crippen molar-refractivity contribution >= 4 is 28.6 Å². The van der Waals surface area contributed by atoms with Gasteiger partial charge in [-0.15, -0.1) is 0 Å². The summed E-state index contributed by atoms with van der Waals surface area (Å²) in [6.45, 7) is 6.70. The lowest BCUT2D eigenvalue weighted by Crippen LogP contribution is -2.36. The molecule has 2 aromatic rings. The van der Waals surface area contributed by atoms with Gasteiger partial charge in [0, 0.05) is 5.39 Å². The van der Waals surface area contributed by atoms with E-state index in [1.165, 1.54) is 18.2 Å². The predicted octanol–water partition coefficient (Wildman–Crippen LogP) is 4.73. The fraction of sp³-hybridized carbons (Fsp3) is 0.550. The van der Waals surface area contributed by atoms with E-state index in [2.05, 4.69) is 30.7 Å². The van der Waals surface area contributed by atoms with E-state index in [9.17, 15) is 4.79 Å². The third kappa shape index (κ3) is 4.51. The number of carbonyl (C=O) groups is 1. The first kappa shape index (κ1) is 18.2. The summed E-state index contributed by atoms with van der Waals surface area (Å²) < 4.78 is 5.87. The van der Waals surface area contributed by atoms with Gasteiger partial charge >= 0.3 is 5.97 Å². The van der Waals surface area contributed by atoms with Gasteiger partial charge < -0.3 is 4.74 Å². The van der Waals surface area contributed by atoms with Gasteiger partial charge in [0.05, 0.1) is 11.3 Å². The number of hydrogen-bond donors (Lipinski definition) is 0. The van der Waals surface area contributed by atoms with E-state index in [0.717, 1.165) is 28.8 Å². The minimum Gasteiger partial charge on any atom is -0.461 e. The van der Waals surface area contributed by atoms with Gasteiger partial charge in [-0.2, -0.15) is 0 Å². The molecule has 5 heteroatoms. The maximum absolute atomic E-state index is 12.4. The third-order valence-electron chi connectivity index (χ3n) is 5.08. The van der Waals surface area contributed by atoms with Crippen LogP contribution in [-0.2, 0) is 9.53 Å². The standard InChI is InChI=1S/C20H26N2O2S/c1-13(2)15-9-8-14(3)10-18(15)24-19(23)11-25-20-16-6-4-5-7-17(16)21-12-22-20/h4-7,12-15,18H,8-11H2,1-3H3/t14-,15+,18+/m0/s1. The van der Waals surface area contributed by atoms with E-state index in [1.807, 2.05) is 24.3 Å². The largest absolute Gasteiger partial charge is 0.461 e. The van der Waals surface area contributed by atoms with E-state index in [4.69, 9.17) is 4.74 Å². The number of hydrogen-bond acceptors (Lipinski definition) is 5. The molecule has 25 heavy (non-hydrogen) atoms. The van der Waals surface area contributed by atoms with Crippen LogP contribution in [0.1, 0.15) is 40.0 Å². The van der Waals surface area contributed by atoms with Gasteiger partial charge in [-0.1, -0.05) is 57.2 Å². The van der Waals surface area contributed by atoms with Gasteiger partial charge in [0.25, 0.3) is 0 Å². The van der Waals surface area contributed by atoms with E-state index in [1.54, 1.807) is 6.33 Å². The minimum absolute atomic E-state index is 0.0546. The lowest BCUT2D eigenvalue weighted by molar-refractivity contribution is -0.152. The Morgan fingerprint density at radius 3 is 2.88 bits per heavy atom. The summed E-state index contributed by atoms with van der Waals surface area (Å²) in [5.74, 6) is 1.80. The molecule has 0 N–H and O–H groups in total. The van der Waals surface area contributed by atoms with Crippen LogP contribution in [0.25, 0.3) is 10.9 Å². The van der Waals surface area contributed by atoms with Crippen LogP contribution in [0.2, 0.25) is 0 Å². The van der Waals surface area contributed by atoms with Crippen LogP contribution in [0, 0.1) is 17.8 Å². The van der Waals surface area contributed by atoms with Gasteiger partial charge in [0.15, 0.2) is 0 Å². The highest BCUT2D eigenvalue weighted by molar-refractivity contribution is 8.00. The normalized spacial score (nSPS) is 23.8. The highest BCUT2D eigenvalue weighted by atomic mass is 32.2. The van der Waals surface area contributed by atoms with E-state index in [-0.39, 0.29) is 17.8 Å². The Morgan fingerprint density at radius 1 is 1.28 bits per heavy atom. The molecule has 0 amide bonds. The number of fused-ring (bicyclic) bond motifs is 1. The molecule has 3 atom stereocenters. The molecule has 0 saturated heterocycles. The zero-order chi connectivity index (χ0) is 17.8. The molecule has 0 unspecified atom stereocenters. The molecular formula is C20H26N2O2S. The molecule has 3 rings (SSSR count). The van der Waals surface area contributed by atoms with Crippen molar-refractivity contribution in [1.29, 1.82) is 0 Å². The first-order valence-electron chi connectivity index (χ1n) is 9.06. The number of rotatable bonds is 5. The lowest BCUT2D eigenvalue weighted by atomic mass is 9.75. The molecule has 1 aromatic carbocycles. The van der Waals surface area contributed by atoms with Crippen LogP contribution >= 0.6 is 11.8 Å². The van der Waals surface area contributed by atoms with Crippen molar-refractivity contribution in [3.05, 3.63) is 30.6 Å². The van der Waals surface area contributed by atoms with Crippen LogP contribution < -0.4 is 0 Å². The summed E-state index contributed by atoms with van der Waals surface area (Å²) in [6.07, 6.45) is 4.97. The summed E-state index contributed by atoms with van der Waals surface area (Å²) in [5.41, 5.74) is 0.898. The van der Waals surface area contributed by atoms with Gasteiger partial charge in [0.2, 0.25) is 0 Å². The number of para-hydroxylation sites is 1. The average Bonchev–Trinajstić information content (AvgIpc) is 2.59. The number of carbonyl (C=O) groups excluding carboxylic acids is 1. The van der Waals surface area contributed by atoms with E-state index in [0.29, 0.717) is 17.8 Å². The fourth-order valence-corrected chi connectivity index (χ4v) is 4.45. The minimum atomic E-state index is -0.141. The van der Waals surface area contributed by atoms with Crippen molar-refractivity contribution in [2.45, 2.75) is 51.2 Å². The summed E-state index contributed by atoms with van der Waals surface area (Å²) >= 11 is 1.43. The van der Waals surface area contributed by atoms with Crippen LogP contribution in [0.5, 0.6) is 0 Å². The van der Waals surface area contributed by atoms with Crippen LogP contribution in [0.4, 0.5) is 0 Å². The molecule has 1 aliphatic rings. The quantitative estimate of drug-likeness (QED) is 0.439. The summed E-state index contributed by atoms with van der Waals surface area (Å²) in [4.78, 5) is 21.0. The first-order valence-corrected chi connectivity index (χ1v) is 10.0. The molecule has 1 aliphatic carbocycles. The summed E-state index contributed by atoms with van der Waals surface area (Å²) in [5, 5.41) is 1.81. The molecule has 1 heterocycles. The second-order valence-electron chi connectivity index (χ2n) is 7.34. The maximum Gasteiger partial charge on any atom is 0.316 e. The van der Waals surface area contributed by atoms with Crippen LogP contribution in [0.3, 0.4) is 0 Å². The van der Waals surface area contributed by atoms with Gasteiger partial charge in [-0.05, 0) is 36.7 Å². The number of nitrogens with zero attached hydrogens (tertiary/aromatic N) is 2. The fourth-order valence-electron chi connectivity index (χ4n) is 3.68. The van der Waals surface area contributed by atoms with Gasteiger partial charge in [-0.25, -0.2) is 9.97 Å². The van der Waals surface area contributed by atoms with Gasteiger partial charge in [0.1, 0.15) is 17.5 Å². The Hall–Kier alpha value is -1.62. The molecule has 0 radical (unpaired) electrons. The third-order valence-corrected chi connectivity index (χ3v) is 6.06. The monoisotopic (exact) mass is 358 g/mol. The number of thioether (sulfide) groups is 1. The molecule has 0 bridgehead atoms. The highest BCUT2D eigenvalue weighted by Gasteiger charge is 2.33. The molecule has 0 aliphatic heterocycles. The van der Waals surface area contributed by atoms with Crippen molar-refractivity contribution in [2.75, 3.05) is 5.75 Å². The molecule has 0 spiro atoms. The molecule has 1 saturated carbocycles. The van der Waals surface area contributed by atoms with Crippen molar-refractivity contribution in [2.24, 2.45) is 17.8 Å². The van der Waals surface area contributed by atoms with Crippen molar-refractivity contribution in [1.82, 2.24) is 9.97 Å². The lowest BCUT2D eigenvalue weighted by Gasteiger charge is -2.36. The maximum atomic E-state index is 12.4. The molecule has 4 nitrogen and oxygen atoms in total. The average molecular weight is 359 g/mol. The number of benzene rings is 1. The van der Waals surface area contributed by atoms with E-state index < -0.39 is 0 Å². The second kappa shape index (κ2) is 8.17. The number of aromatic nitrogens is 2. The molecule has 1 aromatic heterocycles. The zero-order valence-corrected chi connectivity index (χ0v) is 16.0. The zero-order valence-electron chi connectivity index (χ0n) is 15.1. The Kier molecular flexibility index (Phi) is 5.94. The molecular weight excluding hydrogens is 332 g/mol. The van der Waals surface area contributed by atoms with Crippen LogP contribution in [-0.4, -0.2) is 27.8 Å². The Labute approximate surface area is 153 Å². The second-order valence-corrected chi connectivity index (χ2v) is 8.30. The highest BCUT2D eigenvalue weighted by Crippen LogP contribution is 2.35. The summed E-state index contributed by atoms with van der Waals surface area (Å²) in [7, 11) is 0. The Bertz CT molecular complexity index is 729. The predicted molar refractivity (Wildman–Crippen MR) is 101 cm³/mol. The van der Waals surface area contributed by atoms with Crippen molar-refractivity contribution in [3.8, 4) is 0 Å². The van der Waals surface area contributed by atoms with Crippen molar-refractivity contribution in [3.63, 3.8) is 0 Å². The van der Waals surface area contributed by atoms with Gasteiger partial charge in [-0.3, -0.25) is 4.79 Å². The van der Waals surface area contributed by atoms with Crippen molar-refractivity contribution < 1.29 is 9.53 Å². The van der Waals surface area contributed by atoms with Crippen LogP contribution in [0.15, 0.2) is 35.6 Å². The smallest absolute Gasteiger partial charge is 0.316 e. The Balaban J connectivity index is 1.62. The SMILES string of the molecule is CC(C)[C@H]1CC[C@H](C)C[C@H]1OC(=O)CSc1ncnc2ccccc12. The number of esters is 1.